The molecular weight excluding hydrogens is 601 g/mol. The Hall–Kier alpha value is -3.38. The van der Waals surface area contributed by atoms with Crippen LogP contribution in [-0.2, 0) is 21.7 Å². The first-order valence-electron chi connectivity index (χ1n) is 19.6. The summed E-state index contributed by atoms with van der Waals surface area (Å²) in [5.74, 6) is 0. The Morgan fingerprint density at radius 3 is 0.960 bits per heavy atom. The van der Waals surface area contributed by atoms with E-state index in [0.717, 1.165) is 0 Å². The molecule has 8 aliphatic rings. The topological polar surface area (TPSA) is 0 Å². The van der Waals surface area contributed by atoms with Crippen molar-refractivity contribution in [1.29, 1.82) is 0 Å². The average Bonchev–Trinajstić information content (AvgIpc) is 3.04. The second-order valence-electron chi connectivity index (χ2n) is 20.6. The first-order chi connectivity index (χ1) is 23.7. The van der Waals surface area contributed by atoms with Crippen molar-refractivity contribution in [3.63, 3.8) is 0 Å². The Balaban J connectivity index is 1.15. The lowest BCUT2D eigenvalue weighted by molar-refractivity contribution is -0.128. The van der Waals surface area contributed by atoms with Gasteiger partial charge in [0, 0.05) is 0 Å². The molecule has 0 heterocycles. The Labute approximate surface area is 302 Å². The third-order valence-electron chi connectivity index (χ3n) is 15.5. The zero-order valence-corrected chi connectivity index (χ0v) is 31.4. The van der Waals surface area contributed by atoms with Gasteiger partial charge in [0.05, 0.1) is 0 Å². The predicted octanol–water partition coefficient (Wildman–Crippen LogP) is 13.4. The standard InChI is InChI=1S/C50H58/c1-9-35-16-18-41(20-37(35)11-3)49-29-43(5)23-44(6,30-49)26-47(25-43,33-49)39-14-13-15-40(22-39)48-27-45(7)24-46(8,28-48)32-50(31-45,34-48)42-19-17-36(10-2)38(12-4)21-42/h9-22H,1-4,23-34H2,5-8H3. The van der Waals surface area contributed by atoms with Crippen molar-refractivity contribution >= 4 is 24.3 Å². The minimum absolute atomic E-state index is 0.206. The van der Waals surface area contributed by atoms with Gasteiger partial charge in [-0.2, -0.15) is 0 Å². The number of rotatable bonds is 8. The van der Waals surface area contributed by atoms with Crippen LogP contribution >= 0.6 is 0 Å². The van der Waals surface area contributed by atoms with Gasteiger partial charge in [-0.3, -0.25) is 0 Å². The van der Waals surface area contributed by atoms with Gasteiger partial charge in [-0.15, -0.1) is 0 Å². The second kappa shape index (κ2) is 10.1. The van der Waals surface area contributed by atoms with E-state index in [4.69, 9.17) is 0 Å². The van der Waals surface area contributed by atoms with Crippen molar-refractivity contribution in [2.75, 3.05) is 0 Å². The van der Waals surface area contributed by atoms with Gasteiger partial charge in [0.25, 0.3) is 0 Å². The summed E-state index contributed by atoms with van der Waals surface area (Å²) in [6.07, 6.45) is 23.8. The van der Waals surface area contributed by atoms with Gasteiger partial charge in [0.1, 0.15) is 0 Å². The largest absolute Gasteiger partial charge is 0.0984 e. The van der Waals surface area contributed by atoms with Gasteiger partial charge in [0.2, 0.25) is 0 Å². The Bertz CT molecular complexity index is 1810. The molecule has 50 heavy (non-hydrogen) atoms. The van der Waals surface area contributed by atoms with E-state index in [-0.39, 0.29) is 21.7 Å². The molecule has 3 aromatic carbocycles. The molecule has 8 fully saturated rings. The highest BCUT2D eigenvalue weighted by molar-refractivity contribution is 5.66. The fourth-order valence-corrected chi connectivity index (χ4v) is 16.3. The monoisotopic (exact) mass is 658 g/mol. The maximum absolute atomic E-state index is 4.20. The molecule has 0 aliphatic heterocycles. The summed E-state index contributed by atoms with van der Waals surface area (Å²) in [5, 5.41) is 0. The normalized spacial score (nSPS) is 42.0. The van der Waals surface area contributed by atoms with Crippen LogP contribution in [0.5, 0.6) is 0 Å². The van der Waals surface area contributed by atoms with Gasteiger partial charge in [-0.05, 0) is 165 Å². The molecule has 0 spiro atoms. The minimum Gasteiger partial charge on any atom is -0.0984 e. The van der Waals surface area contributed by atoms with E-state index in [0.29, 0.717) is 21.7 Å². The zero-order chi connectivity index (χ0) is 35.0. The van der Waals surface area contributed by atoms with Crippen LogP contribution in [0.1, 0.15) is 149 Å². The quantitative estimate of drug-likeness (QED) is 0.226. The smallest absolute Gasteiger partial charge is 0.00279 e. The third-order valence-corrected chi connectivity index (χ3v) is 15.5. The lowest BCUT2D eigenvalue weighted by Crippen LogP contribution is -2.63. The van der Waals surface area contributed by atoms with E-state index in [1.807, 2.05) is 24.3 Å². The Kier molecular flexibility index (Phi) is 6.60. The number of hydrogen-bond donors (Lipinski definition) is 0. The first kappa shape index (κ1) is 32.5. The Morgan fingerprint density at radius 2 is 0.660 bits per heavy atom. The van der Waals surface area contributed by atoms with Crippen LogP contribution in [0.15, 0.2) is 87.0 Å². The fraction of sp³-hybridized carbons (Fsp3) is 0.480. The summed E-state index contributed by atoms with van der Waals surface area (Å²) in [6, 6.07) is 24.8. The van der Waals surface area contributed by atoms with Crippen molar-refractivity contribution in [2.45, 2.75) is 126 Å². The third kappa shape index (κ3) is 4.55. The van der Waals surface area contributed by atoms with Crippen LogP contribution in [0.4, 0.5) is 0 Å². The fourth-order valence-electron chi connectivity index (χ4n) is 16.3. The molecule has 0 aromatic heterocycles. The lowest BCUT2D eigenvalue weighted by atomic mass is 9.33. The SMILES string of the molecule is C=Cc1ccc(C23CC4(C)CC(C)(CC(c5cccc(C67CC8(C)CC(C)(C6)CC(c6ccc(C=C)c(C=C)c6)(C8)C7)c5)(C4)C2)C3)cc1C=C. The zero-order valence-electron chi connectivity index (χ0n) is 31.4. The molecule has 0 nitrogen and oxygen atoms in total. The number of benzene rings is 3. The van der Waals surface area contributed by atoms with Gasteiger partial charge in [-0.25, -0.2) is 0 Å². The highest BCUT2D eigenvalue weighted by Crippen LogP contribution is 2.76. The molecule has 8 bridgehead atoms. The van der Waals surface area contributed by atoms with Gasteiger partial charge >= 0.3 is 0 Å². The van der Waals surface area contributed by atoms with Crippen molar-refractivity contribution in [1.82, 2.24) is 0 Å². The maximum atomic E-state index is 4.20. The molecule has 11 rings (SSSR count). The summed E-state index contributed by atoms with van der Waals surface area (Å²) in [5.41, 5.74) is 13.5. The second-order valence-corrected chi connectivity index (χ2v) is 20.6. The molecule has 0 N–H and O–H groups in total. The summed E-state index contributed by atoms with van der Waals surface area (Å²) in [4.78, 5) is 0. The molecule has 4 atom stereocenters. The maximum Gasteiger partial charge on any atom is -0.00279 e. The summed E-state index contributed by atoms with van der Waals surface area (Å²) in [7, 11) is 0. The van der Waals surface area contributed by atoms with Gasteiger partial charge in [0.15, 0.2) is 0 Å². The van der Waals surface area contributed by atoms with Crippen molar-refractivity contribution in [3.8, 4) is 0 Å². The lowest BCUT2D eigenvalue weighted by Gasteiger charge is -2.71. The van der Waals surface area contributed by atoms with Crippen LogP contribution in [0.25, 0.3) is 24.3 Å². The van der Waals surface area contributed by atoms with Crippen molar-refractivity contribution < 1.29 is 0 Å². The first-order valence-corrected chi connectivity index (χ1v) is 19.6. The van der Waals surface area contributed by atoms with E-state index >= 15 is 0 Å². The molecule has 258 valence electrons. The Morgan fingerprint density at radius 1 is 0.360 bits per heavy atom. The van der Waals surface area contributed by atoms with Crippen LogP contribution in [0, 0.1) is 21.7 Å². The molecule has 8 saturated carbocycles. The highest BCUT2D eigenvalue weighted by Gasteiger charge is 2.68. The van der Waals surface area contributed by atoms with E-state index < -0.39 is 0 Å². The minimum atomic E-state index is 0.206. The summed E-state index contributed by atoms with van der Waals surface area (Å²) < 4.78 is 0. The van der Waals surface area contributed by atoms with Crippen LogP contribution < -0.4 is 0 Å². The summed E-state index contributed by atoms with van der Waals surface area (Å²) in [6.45, 7) is 27.2. The van der Waals surface area contributed by atoms with E-state index in [1.165, 1.54) is 99.3 Å². The van der Waals surface area contributed by atoms with Gasteiger partial charge in [-0.1, -0.05) is 139 Å². The number of hydrogen-bond acceptors (Lipinski definition) is 0. The average molecular weight is 659 g/mol. The molecule has 0 amide bonds. The molecule has 0 radical (unpaired) electrons. The van der Waals surface area contributed by atoms with Crippen LogP contribution in [0.3, 0.4) is 0 Å². The van der Waals surface area contributed by atoms with E-state index in [9.17, 15) is 0 Å². The van der Waals surface area contributed by atoms with E-state index in [1.54, 1.807) is 22.3 Å². The molecule has 0 saturated heterocycles. The van der Waals surface area contributed by atoms with Crippen LogP contribution in [-0.4, -0.2) is 0 Å². The van der Waals surface area contributed by atoms with E-state index in [2.05, 4.69) is 115 Å². The molecule has 3 aromatic rings. The molecule has 8 aliphatic carbocycles. The van der Waals surface area contributed by atoms with Crippen molar-refractivity contribution in [3.05, 3.63) is 131 Å². The predicted molar refractivity (Wildman–Crippen MR) is 214 cm³/mol. The van der Waals surface area contributed by atoms with Crippen molar-refractivity contribution in [2.24, 2.45) is 21.7 Å². The van der Waals surface area contributed by atoms with Crippen LogP contribution in [0.2, 0.25) is 0 Å². The summed E-state index contributed by atoms with van der Waals surface area (Å²) >= 11 is 0. The molecule has 4 unspecified atom stereocenters. The molecular formula is C50H58. The van der Waals surface area contributed by atoms with Gasteiger partial charge < -0.3 is 0 Å². The highest BCUT2D eigenvalue weighted by atomic mass is 14.7. The molecule has 0 heteroatoms.